The third-order valence-corrected chi connectivity index (χ3v) is 4.00. The van der Waals surface area contributed by atoms with Crippen LogP contribution in [-0.2, 0) is 9.59 Å². The number of nitrogen functional groups attached to an aromatic ring is 1. The molecule has 0 aromatic heterocycles. The minimum absolute atomic E-state index is 0.140. The highest BCUT2D eigenvalue weighted by Crippen LogP contribution is 2.29. The molecule has 0 radical (unpaired) electrons. The van der Waals surface area contributed by atoms with Crippen LogP contribution in [0, 0.1) is 12.3 Å². The number of carbonyl (C=O) groups is 2. The number of carbonyl (C=O) groups excluding carboxylic acids is 2. The topological polar surface area (TPSA) is 101 Å². The van der Waals surface area contributed by atoms with E-state index in [-0.39, 0.29) is 18.4 Å². The molecule has 1 aliphatic heterocycles. The summed E-state index contributed by atoms with van der Waals surface area (Å²) >= 11 is 0. The maximum atomic E-state index is 12.1. The molecule has 1 aromatic rings. The first kappa shape index (κ1) is 15.3. The van der Waals surface area contributed by atoms with E-state index in [1.165, 1.54) is 0 Å². The van der Waals surface area contributed by atoms with Gasteiger partial charge < -0.3 is 16.8 Å². The van der Waals surface area contributed by atoms with E-state index >= 15 is 0 Å². The van der Waals surface area contributed by atoms with Gasteiger partial charge in [-0.2, -0.15) is 0 Å². The van der Waals surface area contributed by atoms with Gasteiger partial charge in [-0.1, -0.05) is 6.07 Å². The van der Waals surface area contributed by atoms with Crippen LogP contribution in [0.3, 0.4) is 0 Å². The summed E-state index contributed by atoms with van der Waals surface area (Å²) in [4.78, 5) is 25.4. The van der Waals surface area contributed by atoms with Gasteiger partial charge in [0, 0.05) is 6.54 Å². The van der Waals surface area contributed by atoms with Crippen LogP contribution < -0.4 is 16.8 Å². The number of primary amides is 1. The van der Waals surface area contributed by atoms with E-state index in [0.29, 0.717) is 30.9 Å². The number of amides is 2. The number of anilines is 2. The summed E-state index contributed by atoms with van der Waals surface area (Å²) in [5, 5.41) is 2.80. The Morgan fingerprint density at radius 3 is 2.71 bits per heavy atom. The van der Waals surface area contributed by atoms with Crippen molar-refractivity contribution in [2.75, 3.05) is 30.7 Å². The summed E-state index contributed by atoms with van der Waals surface area (Å²) < 4.78 is 0. The van der Waals surface area contributed by atoms with Crippen molar-refractivity contribution in [3.05, 3.63) is 23.8 Å². The van der Waals surface area contributed by atoms with Gasteiger partial charge in [0.1, 0.15) is 0 Å². The fourth-order valence-corrected chi connectivity index (χ4v) is 2.58. The summed E-state index contributed by atoms with van der Waals surface area (Å²) in [5.74, 6) is -0.451. The summed E-state index contributed by atoms with van der Waals surface area (Å²) in [5.41, 5.74) is 12.9. The molecule has 1 aliphatic rings. The molecule has 0 bridgehead atoms. The van der Waals surface area contributed by atoms with Gasteiger partial charge in [-0.3, -0.25) is 14.5 Å². The summed E-state index contributed by atoms with van der Waals surface area (Å²) in [6, 6.07) is 5.50. The Labute approximate surface area is 124 Å². The molecule has 2 amide bonds. The molecule has 6 heteroatoms. The number of nitrogens with zero attached hydrogens (tertiary/aromatic N) is 1. The van der Waals surface area contributed by atoms with Crippen molar-refractivity contribution in [1.29, 1.82) is 0 Å². The lowest BCUT2D eigenvalue weighted by Crippen LogP contribution is -2.39. The molecule has 0 saturated carbocycles. The van der Waals surface area contributed by atoms with Gasteiger partial charge in [0.15, 0.2) is 0 Å². The van der Waals surface area contributed by atoms with E-state index in [9.17, 15) is 9.59 Å². The molecular weight excluding hydrogens is 268 g/mol. The SMILES string of the molecule is Cc1ccc(NC(=O)CN2CCC(C)(C(N)=O)C2)c(N)c1. The first-order chi connectivity index (χ1) is 9.80. The second kappa shape index (κ2) is 5.73. The van der Waals surface area contributed by atoms with E-state index in [2.05, 4.69) is 5.32 Å². The number of likely N-dealkylation sites (tertiary alicyclic amines) is 1. The lowest BCUT2D eigenvalue weighted by molar-refractivity contribution is -0.126. The van der Waals surface area contributed by atoms with Gasteiger partial charge in [-0.15, -0.1) is 0 Å². The van der Waals surface area contributed by atoms with Crippen molar-refractivity contribution in [1.82, 2.24) is 4.90 Å². The molecule has 6 nitrogen and oxygen atoms in total. The third kappa shape index (κ3) is 3.52. The molecule has 1 heterocycles. The minimum Gasteiger partial charge on any atom is -0.397 e. The number of nitrogens with two attached hydrogens (primary N) is 2. The van der Waals surface area contributed by atoms with Crippen molar-refractivity contribution in [3.63, 3.8) is 0 Å². The number of benzene rings is 1. The standard InChI is InChI=1S/C15H22N4O2/c1-10-3-4-12(11(16)7-10)18-13(20)8-19-6-5-15(2,9-19)14(17)21/h3-4,7H,5-6,8-9,16H2,1-2H3,(H2,17,21)(H,18,20). The third-order valence-electron chi connectivity index (χ3n) is 4.00. The lowest BCUT2D eigenvalue weighted by atomic mass is 9.89. The average molecular weight is 290 g/mol. The molecule has 1 unspecified atom stereocenters. The number of aryl methyl sites for hydroxylation is 1. The fraction of sp³-hybridized carbons (Fsp3) is 0.467. The van der Waals surface area contributed by atoms with Crippen LogP contribution >= 0.6 is 0 Å². The Kier molecular flexibility index (Phi) is 4.18. The van der Waals surface area contributed by atoms with Crippen LogP contribution in [0.5, 0.6) is 0 Å². The van der Waals surface area contributed by atoms with E-state index in [1.807, 2.05) is 30.9 Å². The number of hydrogen-bond acceptors (Lipinski definition) is 4. The number of rotatable bonds is 4. The molecule has 5 N–H and O–H groups in total. The van der Waals surface area contributed by atoms with E-state index in [4.69, 9.17) is 11.5 Å². The second-order valence-corrected chi connectivity index (χ2v) is 6.02. The maximum Gasteiger partial charge on any atom is 0.238 e. The average Bonchev–Trinajstić information content (AvgIpc) is 2.76. The number of nitrogens with one attached hydrogen (secondary N) is 1. The van der Waals surface area contributed by atoms with Crippen LogP contribution in [-0.4, -0.2) is 36.3 Å². The van der Waals surface area contributed by atoms with Crippen molar-refractivity contribution < 1.29 is 9.59 Å². The largest absolute Gasteiger partial charge is 0.397 e. The molecule has 21 heavy (non-hydrogen) atoms. The predicted octanol–water partition coefficient (Wildman–Crippen LogP) is 0.713. The molecule has 2 rings (SSSR count). The maximum absolute atomic E-state index is 12.1. The van der Waals surface area contributed by atoms with Crippen LogP contribution in [0.25, 0.3) is 0 Å². The highest BCUT2D eigenvalue weighted by atomic mass is 16.2. The Bertz CT molecular complexity index is 573. The van der Waals surface area contributed by atoms with Crippen LogP contribution in [0.4, 0.5) is 11.4 Å². The van der Waals surface area contributed by atoms with Crippen LogP contribution in [0.15, 0.2) is 18.2 Å². The zero-order valence-corrected chi connectivity index (χ0v) is 12.5. The first-order valence-corrected chi connectivity index (χ1v) is 6.98. The van der Waals surface area contributed by atoms with Crippen molar-refractivity contribution in [2.45, 2.75) is 20.3 Å². The second-order valence-electron chi connectivity index (χ2n) is 6.02. The molecule has 1 saturated heterocycles. The zero-order chi connectivity index (χ0) is 15.6. The minimum atomic E-state index is -0.539. The van der Waals surface area contributed by atoms with Gasteiger partial charge in [0.2, 0.25) is 11.8 Å². The van der Waals surface area contributed by atoms with Gasteiger partial charge >= 0.3 is 0 Å². The normalized spacial score (nSPS) is 22.2. The molecule has 0 aliphatic carbocycles. The molecule has 1 fully saturated rings. The summed E-state index contributed by atoms with van der Waals surface area (Å²) in [6.07, 6.45) is 0.683. The monoisotopic (exact) mass is 290 g/mol. The summed E-state index contributed by atoms with van der Waals surface area (Å²) in [7, 11) is 0. The van der Waals surface area contributed by atoms with Crippen molar-refractivity contribution in [3.8, 4) is 0 Å². The zero-order valence-electron chi connectivity index (χ0n) is 12.5. The van der Waals surface area contributed by atoms with Gasteiger partial charge in [-0.25, -0.2) is 0 Å². The molecule has 114 valence electrons. The number of hydrogen-bond donors (Lipinski definition) is 3. The van der Waals surface area contributed by atoms with Crippen molar-refractivity contribution >= 4 is 23.2 Å². The summed E-state index contributed by atoms with van der Waals surface area (Å²) in [6.45, 7) is 5.22. The highest BCUT2D eigenvalue weighted by molar-refractivity contribution is 5.95. The van der Waals surface area contributed by atoms with Gasteiger partial charge in [0.05, 0.1) is 23.3 Å². The predicted molar refractivity (Wildman–Crippen MR) is 82.6 cm³/mol. The Morgan fingerprint density at radius 1 is 1.43 bits per heavy atom. The smallest absolute Gasteiger partial charge is 0.238 e. The van der Waals surface area contributed by atoms with E-state index < -0.39 is 5.41 Å². The lowest BCUT2D eigenvalue weighted by Gasteiger charge is -2.20. The molecule has 0 spiro atoms. The van der Waals surface area contributed by atoms with Crippen LogP contribution in [0.1, 0.15) is 18.9 Å². The van der Waals surface area contributed by atoms with Crippen molar-refractivity contribution in [2.24, 2.45) is 11.1 Å². The van der Waals surface area contributed by atoms with Crippen LogP contribution in [0.2, 0.25) is 0 Å². The van der Waals surface area contributed by atoms with Gasteiger partial charge in [-0.05, 0) is 44.5 Å². The molecular formula is C15H22N4O2. The Balaban J connectivity index is 1.93. The fourth-order valence-electron chi connectivity index (χ4n) is 2.58. The van der Waals surface area contributed by atoms with E-state index in [1.54, 1.807) is 6.07 Å². The molecule has 1 atom stereocenters. The highest BCUT2D eigenvalue weighted by Gasteiger charge is 2.39. The first-order valence-electron chi connectivity index (χ1n) is 6.98. The van der Waals surface area contributed by atoms with Gasteiger partial charge in [0.25, 0.3) is 0 Å². The Hall–Kier alpha value is -2.08. The molecule has 1 aromatic carbocycles. The van der Waals surface area contributed by atoms with E-state index in [0.717, 1.165) is 5.56 Å². The Morgan fingerprint density at radius 2 is 2.14 bits per heavy atom. The quantitative estimate of drug-likeness (QED) is 0.711.